The lowest BCUT2D eigenvalue weighted by molar-refractivity contribution is -0.385. The number of benzene rings is 2. The number of nitro benzene ring substituents is 1. The zero-order valence-electron chi connectivity index (χ0n) is 13.0. The second-order valence-corrected chi connectivity index (χ2v) is 7.70. The highest BCUT2D eigenvalue weighted by Crippen LogP contribution is 2.33. The Morgan fingerprint density at radius 1 is 1.25 bits per heavy atom. The maximum atomic E-state index is 13.0. The van der Waals surface area contributed by atoms with Crippen LogP contribution in [0.5, 0.6) is 0 Å². The van der Waals surface area contributed by atoms with Gasteiger partial charge in [-0.05, 0) is 31.0 Å². The molecule has 0 aromatic heterocycles. The summed E-state index contributed by atoms with van der Waals surface area (Å²) < 4.78 is 27.3. The van der Waals surface area contributed by atoms with E-state index in [1.54, 1.807) is 19.1 Å². The van der Waals surface area contributed by atoms with E-state index in [2.05, 4.69) is 0 Å². The van der Waals surface area contributed by atoms with Crippen LogP contribution in [-0.4, -0.2) is 25.9 Å². The van der Waals surface area contributed by atoms with Crippen LogP contribution in [0.4, 0.5) is 11.4 Å². The average molecular weight is 347 g/mol. The van der Waals surface area contributed by atoms with Crippen molar-refractivity contribution >= 4 is 21.4 Å². The fraction of sp³-hybridized carbons (Fsp3) is 0.250. The molecule has 0 saturated heterocycles. The first-order chi connectivity index (χ1) is 11.3. The smallest absolute Gasteiger partial charge is 0.273 e. The van der Waals surface area contributed by atoms with Gasteiger partial charge in [0, 0.05) is 24.2 Å². The predicted octanol–water partition coefficient (Wildman–Crippen LogP) is 1.98. The van der Waals surface area contributed by atoms with Crippen LogP contribution in [0, 0.1) is 17.0 Å². The summed E-state index contributed by atoms with van der Waals surface area (Å²) in [5.74, 6) is 0. The minimum atomic E-state index is -3.93. The lowest BCUT2D eigenvalue weighted by Gasteiger charge is -2.33. The third-order valence-electron chi connectivity index (χ3n) is 4.11. The number of nitro groups is 1. The van der Waals surface area contributed by atoms with Gasteiger partial charge in [0.25, 0.3) is 15.7 Å². The Morgan fingerprint density at radius 3 is 2.67 bits per heavy atom. The van der Waals surface area contributed by atoms with Gasteiger partial charge in [0.1, 0.15) is 0 Å². The zero-order valence-corrected chi connectivity index (χ0v) is 13.9. The summed E-state index contributed by atoms with van der Waals surface area (Å²) in [4.78, 5) is 10.4. The second kappa shape index (κ2) is 5.88. The van der Waals surface area contributed by atoms with Gasteiger partial charge in [-0.25, -0.2) is 8.42 Å². The first-order valence-electron chi connectivity index (χ1n) is 7.42. The van der Waals surface area contributed by atoms with Gasteiger partial charge < -0.3 is 5.73 Å². The number of aryl methyl sites for hydroxylation is 1. The van der Waals surface area contributed by atoms with Crippen molar-refractivity contribution in [3.8, 4) is 0 Å². The highest BCUT2D eigenvalue weighted by Gasteiger charge is 2.32. The van der Waals surface area contributed by atoms with Crippen LogP contribution in [0.3, 0.4) is 0 Å². The van der Waals surface area contributed by atoms with Crippen LogP contribution in [0.25, 0.3) is 0 Å². The molecule has 2 N–H and O–H groups in total. The molecule has 0 fully saturated rings. The van der Waals surface area contributed by atoms with Gasteiger partial charge >= 0.3 is 0 Å². The van der Waals surface area contributed by atoms with Gasteiger partial charge in [0.05, 0.1) is 15.5 Å². The normalized spacial score (nSPS) is 17.4. The van der Waals surface area contributed by atoms with E-state index in [4.69, 9.17) is 5.73 Å². The molecule has 8 heteroatoms. The molecule has 0 radical (unpaired) electrons. The molecular formula is C16H17N3O4S. The van der Waals surface area contributed by atoms with Crippen LogP contribution in [0.2, 0.25) is 0 Å². The van der Waals surface area contributed by atoms with E-state index in [0.717, 1.165) is 11.6 Å². The molecular weight excluding hydrogens is 330 g/mol. The molecule has 0 saturated carbocycles. The molecule has 1 aliphatic rings. The second-order valence-electron chi connectivity index (χ2n) is 5.83. The van der Waals surface area contributed by atoms with E-state index in [1.165, 1.54) is 16.4 Å². The van der Waals surface area contributed by atoms with Gasteiger partial charge in [0.2, 0.25) is 0 Å². The number of anilines is 1. The Bertz CT molecular complexity index is 911. The summed E-state index contributed by atoms with van der Waals surface area (Å²) in [6, 6.07) is 10.8. The summed E-state index contributed by atoms with van der Waals surface area (Å²) >= 11 is 0. The number of hydrogen-bond acceptors (Lipinski definition) is 5. The Balaban J connectivity index is 2.12. The van der Waals surface area contributed by atoms with Crippen molar-refractivity contribution in [1.82, 2.24) is 0 Å². The molecule has 0 bridgehead atoms. The summed E-state index contributed by atoms with van der Waals surface area (Å²) in [5.41, 5.74) is 7.62. The molecule has 1 atom stereocenters. The molecule has 0 aliphatic carbocycles. The van der Waals surface area contributed by atoms with Gasteiger partial charge in [-0.2, -0.15) is 0 Å². The Labute approximate surface area is 139 Å². The molecule has 7 nitrogen and oxygen atoms in total. The number of para-hydroxylation sites is 1. The zero-order chi connectivity index (χ0) is 17.5. The van der Waals surface area contributed by atoms with Gasteiger partial charge in [-0.15, -0.1) is 0 Å². The van der Waals surface area contributed by atoms with Crippen LogP contribution in [0.15, 0.2) is 47.4 Å². The van der Waals surface area contributed by atoms with Crippen molar-refractivity contribution in [3.05, 3.63) is 63.7 Å². The maximum Gasteiger partial charge on any atom is 0.273 e. The van der Waals surface area contributed by atoms with Crippen LogP contribution in [-0.2, 0) is 16.4 Å². The molecule has 2 aromatic carbocycles. The topological polar surface area (TPSA) is 107 Å². The number of rotatable bonds is 3. The minimum absolute atomic E-state index is 0.108. The third kappa shape index (κ3) is 2.74. The van der Waals surface area contributed by atoms with Gasteiger partial charge in [-0.1, -0.05) is 24.3 Å². The standard InChI is InChI=1S/C16H17N3O4S/c1-11-6-7-14(9-16(11)19(20)21)24(22,23)18-10-13(17)8-12-4-2-3-5-15(12)18/h2-7,9,13H,8,10,17H2,1H3. The van der Waals surface area contributed by atoms with Crippen molar-refractivity contribution < 1.29 is 13.3 Å². The van der Waals surface area contributed by atoms with Crippen molar-refractivity contribution in [2.45, 2.75) is 24.3 Å². The molecule has 0 amide bonds. The van der Waals surface area contributed by atoms with E-state index >= 15 is 0 Å². The van der Waals surface area contributed by atoms with Crippen LogP contribution in [0.1, 0.15) is 11.1 Å². The molecule has 3 rings (SSSR count). The highest BCUT2D eigenvalue weighted by atomic mass is 32.2. The predicted molar refractivity (Wildman–Crippen MR) is 90.5 cm³/mol. The van der Waals surface area contributed by atoms with Gasteiger partial charge in [0.15, 0.2) is 0 Å². The first kappa shape index (κ1) is 16.4. The fourth-order valence-corrected chi connectivity index (χ4v) is 4.47. The Hall–Kier alpha value is -2.45. The van der Waals surface area contributed by atoms with E-state index in [9.17, 15) is 18.5 Å². The van der Waals surface area contributed by atoms with Crippen molar-refractivity contribution in [3.63, 3.8) is 0 Å². The number of nitrogens with zero attached hydrogens (tertiary/aromatic N) is 2. The van der Waals surface area contributed by atoms with Crippen molar-refractivity contribution in [2.75, 3.05) is 10.8 Å². The Kier molecular flexibility index (Phi) is 4.02. The largest absolute Gasteiger partial charge is 0.326 e. The number of hydrogen-bond donors (Lipinski definition) is 1. The molecule has 1 heterocycles. The summed E-state index contributed by atoms with van der Waals surface area (Å²) in [6.45, 7) is 1.71. The third-order valence-corrected chi connectivity index (χ3v) is 5.88. The molecule has 0 spiro atoms. The molecule has 2 aromatic rings. The van der Waals surface area contributed by atoms with Crippen molar-refractivity contribution in [1.29, 1.82) is 0 Å². The fourth-order valence-electron chi connectivity index (χ4n) is 2.89. The van der Waals surface area contributed by atoms with E-state index in [1.807, 2.05) is 12.1 Å². The Morgan fingerprint density at radius 2 is 1.96 bits per heavy atom. The molecule has 1 aliphatic heterocycles. The number of nitrogens with two attached hydrogens (primary N) is 1. The minimum Gasteiger partial charge on any atom is -0.326 e. The van der Waals surface area contributed by atoms with E-state index in [0.29, 0.717) is 17.7 Å². The molecule has 126 valence electrons. The lowest BCUT2D eigenvalue weighted by Crippen LogP contribution is -2.46. The monoisotopic (exact) mass is 347 g/mol. The van der Waals surface area contributed by atoms with Crippen molar-refractivity contribution in [2.24, 2.45) is 5.73 Å². The summed E-state index contributed by atoms with van der Waals surface area (Å²) in [5, 5.41) is 11.1. The van der Waals surface area contributed by atoms with E-state index < -0.39 is 14.9 Å². The highest BCUT2D eigenvalue weighted by molar-refractivity contribution is 7.92. The molecule has 24 heavy (non-hydrogen) atoms. The average Bonchev–Trinajstić information content (AvgIpc) is 2.53. The quantitative estimate of drug-likeness (QED) is 0.675. The van der Waals surface area contributed by atoms with E-state index in [-0.39, 0.29) is 23.2 Å². The van der Waals surface area contributed by atoms with Crippen LogP contribution < -0.4 is 10.0 Å². The van der Waals surface area contributed by atoms with Crippen LogP contribution >= 0.6 is 0 Å². The first-order valence-corrected chi connectivity index (χ1v) is 8.86. The van der Waals surface area contributed by atoms with Gasteiger partial charge in [-0.3, -0.25) is 14.4 Å². The number of sulfonamides is 1. The summed E-state index contributed by atoms with van der Waals surface area (Å²) in [6.07, 6.45) is 0.593. The number of fused-ring (bicyclic) bond motifs is 1. The lowest BCUT2D eigenvalue weighted by atomic mass is 10.0. The summed E-state index contributed by atoms with van der Waals surface area (Å²) in [7, 11) is -3.93. The maximum absolute atomic E-state index is 13.0. The SMILES string of the molecule is Cc1ccc(S(=O)(=O)N2CC(N)Cc3ccccc32)cc1[N+](=O)[O-]. The molecule has 1 unspecified atom stereocenters.